The molecule has 1 aromatic rings. The van der Waals surface area contributed by atoms with Crippen LogP contribution in [0.25, 0.3) is 0 Å². The van der Waals surface area contributed by atoms with Gasteiger partial charge in [0.2, 0.25) is 0 Å². The maximum atomic E-state index is 11.8. The third kappa shape index (κ3) is 3.63. The largest absolute Gasteiger partial charge is 0.473 e. The number of allylic oxidation sites excluding steroid dienone is 1. The molecule has 1 aromatic carbocycles. The van der Waals surface area contributed by atoms with E-state index in [0.717, 1.165) is 0 Å². The fourth-order valence-corrected chi connectivity index (χ4v) is 1.43. The van der Waals surface area contributed by atoms with Crippen LogP contribution in [-0.2, 0) is 4.79 Å². The predicted molar refractivity (Wildman–Crippen MR) is 65.9 cm³/mol. The number of hydrogen-bond acceptors (Lipinski definition) is 4. The topological polar surface area (TPSA) is 110 Å². The van der Waals surface area contributed by atoms with Crippen LogP contribution in [0.3, 0.4) is 0 Å². The van der Waals surface area contributed by atoms with E-state index in [1.54, 1.807) is 18.2 Å². The summed E-state index contributed by atoms with van der Waals surface area (Å²) in [6.07, 6.45) is 0.0290. The van der Waals surface area contributed by atoms with E-state index in [2.05, 4.69) is 5.32 Å². The summed E-state index contributed by atoms with van der Waals surface area (Å²) in [7, 11) is 0. The van der Waals surface area contributed by atoms with Crippen LogP contribution in [0.5, 0.6) is 0 Å². The smallest absolute Gasteiger partial charge is 0.409 e. The maximum absolute atomic E-state index is 11.8. The molecule has 0 saturated heterocycles. The molecule has 0 aliphatic rings. The fraction of sp³-hybridized carbons (Fsp3) is 0.167. The van der Waals surface area contributed by atoms with Crippen molar-refractivity contribution in [3.05, 3.63) is 57.4 Å². The highest BCUT2D eigenvalue weighted by Gasteiger charge is 2.27. The summed E-state index contributed by atoms with van der Waals surface area (Å²) in [6, 6.07) is 8.03. The summed E-state index contributed by atoms with van der Waals surface area (Å²) in [5.41, 5.74) is -0.959. The number of benzene rings is 1. The minimum Gasteiger partial charge on any atom is -0.473 e. The molecule has 0 unspecified atom stereocenters. The number of carbonyl (C=O) groups excluding carboxylic acids is 1. The van der Waals surface area contributed by atoms with Crippen LogP contribution in [0.15, 0.2) is 41.7 Å². The molecule has 19 heavy (non-hydrogen) atoms. The van der Waals surface area contributed by atoms with Crippen molar-refractivity contribution in [3.8, 4) is 0 Å². The Hall–Kier alpha value is -2.70. The van der Waals surface area contributed by atoms with Crippen molar-refractivity contribution in [2.24, 2.45) is 0 Å². The fourth-order valence-electron chi connectivity index (χ4n) is 1.43. The second-order valence-electron chi connectivity index (χ2n) is 3.56. The molecule has 0 fully saturated rings. The Bertz CT molecular complexity index is 520. The van der Waals surface area contributed by atoms with Crippen LogP contribution in [-0.4, -0.2) is 21.9 Å². The van der Waals surface area contributed by atoms with Crippen LogP contribution in [0.1, 0.15) is 23.7 Å². The molecule has 7 heteroatoms. The molecule has 0 radical (unpaired) electrons. The van der Waals surface area contributed by atoms with Gasteiger partial charge in [-0.25, -0.2) is 4.79 Å². The number of hydrogen-bond donors (Lipinski definition) is 2. The van der Waals surface area contributed by atoms with Gasteiger partial charge in [-0.3, -0.25) is 14.9 Å². The van der Waals surface area contributed by atoms with Crippen molar-refractivity contribution in [1.82, 2.24) is 5.32 Å². The SMILES string of the molecule is CCC(NC(=O)c1ccccc1)=C(C(=O)O)[N+](=O)[O-]. The van der Waals surface area contributed by atoms with E-state index in [4.69, 9.17) is 5.11 Å². The van der Waals surface area contributed by atoms with Gasteiger partial charge >= 0.3 is 11.7 Å². The van der Waals surface area contributed by atoms with Gasteiger partial charge in [-0.15, -0.1) is 0 Å². The van der Waals surface area contributed by atoms with Gasteiger partial charge in [-0.1, -0.05) is 25.1 Å². The number of aliphatic carboxylic acids is 1. The lowest BCUT2D eigenvalue weighted by Crippen LogP contribution is -2.27. The van der Waals surface area contributed by atoms with E-state index in [1.165, 1.54) is 19.1 Å². The van der Waals surface area contributed by atoms with Crippen molar-refractivity contribution in [1.29, 1.82) is 0 Å². The zero-order valence-corrected chi connectivity index (χ0v) is 10.1. The zero-order valence-electron chi connectivity index (χ0n) is 10.1. The van der Waals surface area contributed by atoms with Crippen molar-refractivity contribution in [2.75, 3.05) is 0 Å². The Labute approximate surface area is 108 Å². The Morgan fingerprint density at radius 1 is 1.32 bits per heavy atom. The van der Waals surface area contributed by atoms with Gasteiger partial charge < -0.3 is 10.4 Å². The molecule has 1 rings (SSSR count). The quantitative estimate of drug-likeness (QED) is 0.474. The first-order valence-corrected chi connectivity index (χ1v) is 5.44. The standard InChI is InChI=1S/C12H12N2O5/c1-2-9(10(12(16)17)14(18)19)13-11(15)8-6-4-3-5-7-8/h3-7H,2H2,1H3,(H,13,15)(H,16,17). The summed E-state index contributed by atoms with van der Waals surface area (Å²) in [6.45, 7) is 1.52. The predicted octanol–water partition coefficient (Wildman–Crippen LogP) is 1.40. The van der Waals surface area contributed by atoms with Gasteiger partial charge in [0.05, 0.1) is 4.92 Å². The van der Waals surface area contributed by atoms with Gasteiger partial charge in [0.15, 0.2) is 0 Å². The molecular formula is C12H12N2O5. The summed E-state index contributed by atoms with van der Waals surface area (Å²) < 4.78 is 0. The molecule has 0 aliphatic heterocycles. The van der Waals surface area contributed by atoms with Gasteiger partial charge in [-0.05, 0) is 18.6 Å². The van der Waals surface area contributed by atoms with E-state index < -0.39 is 22.5 Å². The molecule has 100 valence electrons. The maximum Gasteiger partial charge on any atom is 0.409 e. The summed E-state index contributed by atoms with van der Waals surface area (Å²) in [5, 5.41) is 21.7. The van der Waals surface area contributed by atoms with Crippen molar-refractivity contribution >= 4 is 11.9 Å². The first-order valence-electron chi connectivity index (χ1n) is 5.44. The molecule has 2 N–H and O–H groups in total. The summed E-state index contributed by atoms with van der Waals surface area (Å²) in [4.78, 5) is 32.3. The molecule has 0 spiro atoms. The molecule has 0 bridgehead atoms. The molecule has 1 amide bonds. The van der Waals surface area contributed by atoms with Gasteiger partial charge in [0, 0.05) is 5.56 Å². The number of carboxylic acids is 1. The van der Waals surface area contributed by atoms with Crippen LogP contribution < -0.4 is 5.32 Å². The molecule has 0 heterocycles. The first kappa shape index (κ1) is 14.4. The van der Waals surface area contributed by atoms with Crippen LogP contribution >= 0.6 is 0 Å². The van der Waals surface area contributed by atoms with Gasteiger partial charge in [-0.2, -0.15) is 0 Å². The summed E-state index contributed by atoms with van der Waals surface area (Å²) >= 11 is 0. The Morgan fingerprint density at radius 2 is 1.89 bits per heavy atom. The molecule has 0 aromatic heterocycles. The average Bonchev–Trinajstić information content (AvgIpc) is 2.37. The Balaban J connectivity index is 3.06. The first-order chi connectivity index (χ1) is 8.97. The van der Waals surface area contributed by atoms with Gasteiger partial charge in [0.1, 0.15) is 5.70 Å². The zero-order chi connectivity index (χ0) is 14.4. The number of carboxylic acid groups (broad SMARTS) is 1. The van der Waals surface area contributed by atoms with E-state index in [1.807, 2.05) is 0 Å². The average molecular weight is 264 g/mol. The molecule has 0 atom stereocenters. The van der Waals surface area contributed by atoms with E-state index in [0.29, 0.717) is 5.56 Å². The van der Waals surface area contributed by atoms with Crippen molar-refractivity contribution in [2.45, 2.75) is 13.3 Å². The minimum atomic E-state index is -1.68. The number of nitrogens with one attached hydrogen (secondary N) is 1. The Kier molecular flexibility index (Phi) is 4.76. The van der Waals surface area contributed by atoms with Gasteiger partial charge in [0.25, 0.3) is 5.91 Å². The second kappa shape index (κ2) is 6.29. The molecular weight excluding hydrogens is 252 g/mol. The number of amides is 1. The lowest BCUT2D eigenvalue weighted by atomic mass is 10.2. The van der Waals surface area contributed by atoms with E-state index in [9.17, 15) is 19.7 Å². The highest BCUT2D eigenvalue weighted by atomic mass is 16.6. The number of nitro groups is 1. The Morgan fingerprint density at radius 3 is 2.32 bits per heavy atom. The second-order valence-corrected chi connectivity index (χ2v) is 3.56. The van der Waals surface area contributed by atoms with Crippen LogP contribution in [0, 0.1) is 10.1 Å². The lowest BCUT2D eigenvalue weighted by molar-refractivity contribution is -0.422. The third-order valence-electron chi connectivity index (χ3n) is 2.32. The lowest BCUT2D eigenvalue weighted by Gasteiger charge is -2.07. The monoisotopic (exact) mass is 264 g/mol. The minimum absolute atomic E-state index is 0.0290. The van der Waals surface area contributed by atoms with E-state index >= 15 is 0 Å². The van der Waals surface area contributed by atoms with Crippen LogP contribution in [0.2, 0.25) is 0 Å². The molecule has 0 saturated carbocycles. The van der Waals surface area contributed by atoms with E-state index in [-0.39, 0.29) is 12.1 Å². The molecule has 7 nitrogen and oxygen atoms in total. The third-order valence-corrected chi connectivity index (χ3v) is 2.32. The molecule has 0 aliphatic carbocycles. The number of rotatable bonds is 5. The van der Waals surface area contributed by atoms with Crippen molar-refractivity contribution < 1.29 is 19.6 Å². The summed E-state index contributed by atoms with van der Waals surface area (Å²) in [5.74, 6) is -2.27. The highest BCUT2D eigenvalue weighted by Crippen LogP contribution is 2.09. The normalized spacial score (nSPS) is 11.4. The number of carbonyl (C=O) groups is 2. The highest BCUT2D eigenvalue weighted by molar-refractivity contribution is 5.96. The van der Waals surface area contributed by atoms with Crippen LogP contribution in [0.4, 0.5) is 0 Å². The van der Waals surface area contributed by atoms with Crippen molar-refractivity contribution in [3.63, 3.8) is 0 Å². The number of nitrogens with zero attached hydrogens (tertiary/aromatic N) is 1.